The lowest BCUT2D eigenvalue weighted by Gasteiger charge is -2.46. The van der Waals surface area contributed by atoms with Gasteiger partial charge in [-0.2, -0.15) is 0 Å². The van der Waals surface area contributed by atoms with Crippen LogP contribution >= 0.6 is 0 Å². The second-order valence-corrected chi connectivity index (χ2v) is 6.88. The minimum atomic E-state index is 0.224. The van der Waals surface area contributed by atoms with Crippen molar-refractivity contribution in [1.29, 1.82) is 0 Å². The number of hydrogen-bond donors (Lipinski definition) is 0. The lowest BCUT2D eigenvalue weighted by molar-refractivity contribution is -0.0949. The molecule has 4 aliphatic carbocycles. The average molecular weight is 240 g/mol. The van der Waals surface area contributed by atoms with Crippen LogP contribution in [-0.2, 0) is 4.74 Å². The molecule has 0 aliphatic heterocycles. The van der Waals surface area contributed by atoms with Gasteiger partial charge in [0.1, 0.15) is 0 Å². The summed E-state index contributed by atoms with van der Waals surface area (Å²) in [6.07, 6.45) is 5.69. The summed E-state index contributed by atoms with van der Waals surface area (Å²) < 4.78 is 6.25. The van der Waals surface area contributed by atoms with E-state index < -0.39 is 0 Å². The maximum atomic E-state index is 6.25. The Morgan fingerprint density at radius 1 is 1.11 bits per heavy atom. The standard InChI is InChI=1S/C17H20O/c1-18-17-11-7-6-10(8-11)16(17)14-9-15(17)13-5-3-2-4-12(13)14/h2-5,10-11,14-16H,6-9H2,1H3/t10-,11-,14-,15-,16-,17+/m0/s1. The van der Waals surface area contributed by atoms with E-state index in [4.69, 9.17) is 4.74 Å². The Bertz CT molecular complexity index is 522. The first-order chi connectivity index (χ1) is 8.86. The van der Waals surface area contributed by atoms with Crippen LogP contribution in [0.25, 0.3) is 0 Å². The van der Waals surface area contributed by atoms with Crippen molar-refractivity contribution in [3.63, 3.8) is 0 Å². The smallest absolute Gasteiger partial charge is 0.0811 e. The van der Waals surface area contributed by atoms with Gasteiger partial charge in [0.2, 0.25) is 0 Å². The fraction of sp³-hybridized carbons (Fsp3) is 0.647. The number of hydrogen-bond acceptors (Lipinski definition) is 1. The molecule has 0 heterocycles. The lowest BCUT2D eigenvalue weighted by Crippen LogP contribution is -2.48. The first-order valence-corrected chi connectivity index (χ1v) is 7.50. The zero-order valence-electron chi connectivity index (χ0n) is 10.9. The molecule has 6 atom stereocenters. The fourth-order valence-corrected chi connectivity index (χ4v) is 6.44. The topological polar surface area (TPSA) is 9.23 Å². The molecule has 0 N–H and O–H groups in total. The summed E-state index contributed by atoms with van der Waals surface area (Å²) in [5.74, 6) is 4.14. The van der Waals surface area contributed by atoms with Crippen molar-refractivity contribution in [3.8, 4) is 0 Å². The molecule has 0 aromatic heterocycles. The second kappa shape index (κ2) is 3.01. The van der Waals surface area contributed by atoms with E-state index in [1.165, 1.54) is 25.7 Å². The first kappa shape index (κ1) is 10.0. The van der Waals surface area contributed by atoms with Crippen molar-refractivity contribution < 1.29 is 4.74 Å². The molecule has 1 aromatic carbocycles. The number of methoxy groups -OCH3 is 1. The van der Waals surface area contributed by atoms with Gasteiger partial charge in [0.15, 0.2) is 0 Å². The molecule has 3 saturated carbocycles. The molecule has 0 amide bonds. The van der Waals surface area contributed by atoms with E-state index in [1.807, 2.05) is 7.11 Å². The molecular weight excluding hydrogens is 220 g/mol. The maximum Gasteiger partial charge on any atom is 0.0811 e. The van der Waals surface area contributed by atoms with Crippen molar-refractivity contribution in [1.82, 2.24) is 0 Å². The van der Waals surface area contributed by atoms with Crippen LogP contribution in [0.15, 0.2) is 24.3 Å². The largest absolute Gasteiger partial charge is 0.377 e. The van der Waals surface area contributed by atoms with Crippen LogP contribution in [0.5, 0.6) is 0 Å². The van der Waals surface area contributed by atoms with E-state index in [9.17, 15) is 0 Å². The molecule has 1 nitrogen and oxygen atoms in total. The predicted octanol–water partition coefficient (Wildman–Crippen LogP) is 3.70. The minimum Gasteiger partial charge on any atom is -0.377 e. The summed E-state index contributed by atoms with van der Waals surface area (Å²) in [5, 5.41) is 0. The molecule has 0 saturated heterocycles. The van der Waals surface area contributed by atoms with Crippen LogP contribution in [-0.4, -0.2) is 12.7 Å². The molecule has 4 bridgehead atoms. The molecule has 3 fully saturated rings. The van der Waals surface area contributed by atoms with E-state index in [0.717, 1.165) is 23.7 Å². The normalized spacial score (nSPS) is 50.6. The van der Waals surface area contributed by atoms with Crippen LogP contribution in [0.4, 0.5) is 0 Å². The Morgan fingerprint density at radius 2 is 1.94 bits per heavy atom. The van der Waals surface area contributed by atoms with Crippen molar-refractivity contribution in [3.05, 3.63) is 35.4 Å². The summed E-state index contributed by atoms with van der Waals surface area (Å²) in [6.45, 7) is 0. The molecule has 0 spiro atoms. The van der Waals surface area contributed by atoms with Gasteiger partial charge < -0.3 is 4.74 Å². The van der Waals surface area contributed by atoms with Crippen molar-refractivity contribution in [2.75, 3.05) is 7.11 Å². The van der Waals surface area contributed by atoms with Gasteiger partial charge in [0.05, 0.1) is 5.60 Å². The van der Waals surface area contributed by atoms with E-state index in [2.05, 4.69) is 24.3 Å². The summed E-state index contributed by atoms with van der Waals surface area (Å²) in [4.78, 5) is 0. The summed E-state index contributed by atoms with van der Waals surface area (Å²) >= 11 is 0. The molecule has 1 aromatic rings. The Labute approximate surface area is 109 Å². The Morgan fingerprint density at radius 3 is 2.78 bits per heavy atom. The maximum absolute atomic E-state index is 6.25. The van der Waals surface area contributed by atoms with Crippen LogP contribution in [0.3, 0.4) is 0 Å². The van der Waals surface area contributed by atoms with Gasteiger partial charge in [-0.25, -0.2) is 0 Å². The number of benzene rings is 1. The Kier molecular flexibility index (Phi) is 1.68. The van der Waals surface area contributed by atoms with Gasteiger partial charge in [0, 0.05) is 13.0 Å². The third kappa shape index (κ3) is 0.843. The van der Waals surface area contributed by atoms with Gasteiger partial charge in [-0.05, 0) is 60.5 Å². The third-order valence-corrected chi connectivity index (χ3v) is 6.73. The van der Waals surface area contributed by atoms with Gasteiger partial charge in [-0.3, -0.25) is 0 Å². The van der Waals surface area contributed by atoms with E-state index in [-0.39, 0.29) is 5.60 Å². The minimum absolute atomic E-state index is 0.224. The molecule has 4 aliphatic rings. The van der Waals surface area contributed by atoms with Gasteiger partial charge in [-0.15, -0.1) is 0 Å². The third-order valence-electron chi connectivity index (χ3n) is 6.73. The van der Waals surface area contributed by atoms with Crippen molar-refractivity contribution in [2.24, 2.45) is 17.8 Å². The van der Waals surface area contributed by atoms with Gasteiger partial charge >= 0.3 is 0 Å². The van der Waals surface area contributed by atoms with Crippen molar-refractivity contribution >= 4 is 0 Å². The SMILES string of the molecule is CO[C@@]12[C@H]3CC[C@@H](C3)[C@H]1[C@H]1C[C@H]2c2ccccc21. The summed E-state index contributed by atoms with van der Waals surface area (Å²) in [7, 11) is 1.98. The van der Waals surface area contributed by atoms with E-state index >= 15 is 0 Å². The molecule has 0 radical (unpaired) electrons. The summed E-state index contributed by atoms with van der Waals surface area (Å²) in [6, 6.07) is 9.18. The van der Waals surface area contributed by atoms with Gasteiger partial charge in [0.25, 0.3) is 0 Å². The van der Waals surface area contributed by atoms with E-state index in [1.54, 1.807) is 11.1 Å². The molecule has 5 rings (SSSR count). The highest BCUT2D eigenvalue weighted by Gasteiger charge is 2.70. The quantitative estimate of drug-likeness (QED) is 0.680. The molecule has 1 heteroatoms. The molecule has 0 unspecified atom stereocenters. The molecule has 94 valence electrons. The van der Waals surface area contributed by atoms with E-state index in [0.29, 0.717) is 5.92 Å². The Hall–Kier alpha value is -0.820. The molecule has 18 heavy (non-hydrogen) atoms. The highest BCUT2D eigenvalue weighted by Crippen LogP contribution is 2.74. The summed E-state index contributed by atoms with van der Waals surface area (Å²) in [5.41, 5.74) is 3.50. The highest BCUT2D eigenvalue weighted by molar-refractivity contribution is 5.48. The fourth-order valence-electron chi connectivity index (χ4n) is 6.44. The van der Waals surface area contributed by atoms with Crippen molar-refractivity contribution in [2.45, 2.75) is 43.1 Å². The molecular formula is C17H20O. The number of ether oxygens (including phenoxy) is 1. The zero-order valence-corrected chi connectivity index (χ0v) is 10.9. The number of rotatable bonds is 1. The Balaban J connectivity index is 1.75. The zero-order chi connectivity index (χ0) is 11.9. The van der Waals surface area contributed by atoms with Crippen LogP contribution < -0.4 is 0 Å². The lowest BCUT2D eigenvalue weighted by atomic mass is 9.65. The predicted molar refractivity (Wildman–Crippen MR) is 70.6 cm³/mol. The van der Waals surface area contributed by atoms with Crippen LogP contribution in [0.1, 0.15) is 48.6 Å². The van der Waals surface area contributed by atoms with Crippen LogP contribution in [0.2, 0.25) is 0 Å². The second-order valence-electron chi connectivity index (χ2n) is 6.88. The van der Waals surface area contributed by atoms with Crippen LogP contribution in [0, 0.1) is 17.8 Å². The number of fused-ring (bicyclic) bond motifs is 12. The highest BCUT2D eigenvalue weighted by atomic mass is 16.5. The monoisotopic (exact) mass is 240 g/mol. The first-order valence-electron chi connectivity index (χ1n) is 7.50. The average Bonchev–Trinajstić information content (AvgIpc) is 3.15. The van der Waals surface area contributed by atoms with Gasteiger partial charge in [-0.1, -0.05) is 24.3 Å².